The summed E-state index contributed by atoms with van der Waals surface area (Å²) in [5.41, 5.74) is 0. The van der Waals surface area contributed by atoms with Gasteiger partial charge in [0.15, 0.2) is 13.0 Å². The van der Waals surface area contributed by atoms with Gasteiger partial charge in [-0.05, 0) is 6.08 Å². The first-order chi connectivity index (χ1) is 3.50. The molecule has 1 heterocycles. The van der Waals surface area contributed by atoms with Crippen molar-refractivity contribution in [2.75, 3.05) is 6.73 Å². The molecule has 0 amide bonds. The standard InChI is InChI=1S/C5H6NO/c1-2-4-7-5-6-3-1/h2-3H,1,5H2. The summed E-state index contributed by atoms with van der Waals surface area (Å²) in [5.74, 6) is 0. The van der Waals surface area contributed by atoms with E-state index in [4.69, 9.17) is 4.74 Å². The molecule has 0 aliphatic carbocycles. The Labute approximate surface area is 42.5 Å². The molecular formula is C5H6NO. The van der Waals surface area contributed by atoms with Crippen LogP contribution in [-0.2, 0) is 4.74 Å². The normalized spacial score (nSPS) is 18.3. The first kappa shape index (κ1) is 4.37. The molecule has 1 aliphatic heterocycles. The fourth-order valence-electron chi connectivity index (χ4n) is 0.362. The maximum absolute atomic E-state index is 4.69. The van der Waals surface area contributed by atoms with Crippen LogP contribution in [0.3, 0.4) is 0 Å². The Hall–Kier alpha value is -0.790. The summed E-state index contributed by atoms with van der Waals surface area (Å²) in [6.07, 6.45) is 7.05. The Morgan fingerprint density at radius 1 is 1.71 bits per heavy atom. The van der Waals surface area contributed by atoms with Gasteiger partial charge in [-0.15, -0.1) is 0 Å². The SMILES string of the molecule is [C]1=CCC=NCO1. The van der Waals surface area contributed by atoms with Crippen molar-refractivity contribution in [1.82, 2.24) is 0 Å². The van der Waals surface area contributed by atoms with E-state index in [-0.39, 0.29) is 0 Å². The highest BCUT2D eigenvalue weighted by atomic mass is 16.5. The van der Waals surface area contributed by atoms with Crippen LogP contribution in [0.25, 0.3) is 0 Å². The monoisotopic (exact) mass is 96.0 g/mol. The van der Waals surface area contributed by atoms with E-state index in [1.165, 1.54) is 0 Å². The van der Waals surface area contributed by atoms with Gasteiger partial charge in [0.25, 0.3) is 0 Å². The first-order valence-electron chi connectivity index (χ1n) is 2.17. The van der Waals surface area contributed by atoms with E-state index in [0.29, 0.717) is 6.73 Å². The van der Waals surface area contributed by atoms with Crippen molar-refractivity contribution in [1.29, 1.82) is 0 Å². The summed E-state index contributed by atoms with van der Waals surface area (Å²) < 4.78 is 4.69. The van der Waals surface area contributed by atoms with E-state index in [1.54, 1.807) is 12.3 Å². The third kappa shape index (κ3) is 1.39. The maximum atomic E-state index is 4.69. The minimum atomic E-state index is 0.427. The van der Waals surface area contributed by atoms with Gasteiger partial charge in [0.05, 0.1) is 0 Å². The first-order valence-corrected chi connectivity index (χ1v) is 2.17. The van der Waals surface area contributed by atoms with Crippen molar-refractivity contribution in [2.24, 2.45) is 4.99 Å². The Morgan fingerprint density at radius 3 is 3.71 bits per heavy atom. The highest BCUT2D eigenvalue weighted by Gasteiger charge is 1.80. The molecular weight excluding hydrogens is 90.1 g/mol. The Morgan fingerprint density at radius 2 is 2.71 bits per heavy atom. The lowest BCUT2D eigenvalue weighted by atomic mass is 10.5. The number of nitrogens with zero attached hydrogens (tertiary/aromatic N) is 1. The molecule has 0 bridgehead atoms. The molecule has 1 radical (unpaired) electrons. The maximum Gasteiger partial charge on any atom is 0.178 e. The third-order valence-electron chi connectivity index (χ3n) is 0.658. The predicted molar refractivity (Wildman–Crippen MR) is 26.9 cm³/mol. The molecule has 0 N–H and O–H groups in total. The molecule has 37 valence electrons. The van der Waals surface area contributed by atoms with Gasteiger partial charge in [0.2, 0.25) is 0 Å². The summed E-state index contributed by atoms with van der Waals surface area (Å²) in [6, 6.07) is 0. The number of rotatable bonds is 0. The molecule has 0 unspecified atom stereocenters. The van der Waals surface area contributed by atoms with Gasteiger partial charge in [-0.25, -0.2) is 0 Å². The second kappa shape index (κ2) is 2.39. The molecule has 0 aromatic carbocycles. The van der Waals surface area contributed by atoms with E-state index in [9.17, 15) is 0 Å². The zero-order valence-corrected chi connectivity index (χ0v) is 3.92. The predicted octanol–water partition coefficient (Wildman–Crippen LogP) is 0.752. The molecule has 0 aromatic heterocycles. The van der Waals surface area contributed by atoms with Crippen LogP contribution in [0.4, 0.5) is 0 Å². The summed E-state index contributed by atoms with van der Waals surface area (Å²) in [6.45, 7) is 0.427. The molecule has 0 fully saturated rings. The zero-order chi connectivity index (χ0) is 4.95. The Balaban J connectivity index is 2.38. The third-order valence-corrected chi connectivity index (χ3v) is 0.658. The molecule has 0 spiro atoms. The van der Waals surface area contributed by atoms with Crippen molar-refractivity contribution in [3.05, 3.63) is 12.3 Å². The van der Waals surface area contributed by atoms with Crippen LogP contribution in [0.2, 0.25) is 0 Å². The van der Waals surface area contributed by atoms with Gasteiger partial charge in [-0.2, -0.15) is 0 Å². The van der Waals surface area contributed by atoms with Crippen molar-refractivity contribution < 1.29 is 4.74 Å². The van der Waals surface area contributed by atoms with Crippen molar-refractivity contribution in [3.63, 3.8) is 0 Å². The van der Waals surface area contributed by atoms with Gasteiger partial charge >= 0.3 is 0 Å². The van der Waals surface area contributed by atoms with Gasteiger partial charge in [-0.1, -0.05) is 0 Å². The quantitative estimate of drug-likeness (QED) is 0.436. The average Bonchev–Trinajstić information content (AvgIpc) is 1.90. The van der Waals surface area contributed by atoms with E-state index in [0.717, 1.165) is 6.42 Å². The molecule has 0 saturated heterocycles. The topological polar surface area (TPSA) is 21.6 Å². The van der Waals surface area contributed by atoms with Crippen LogP contribution >= 0.6 is 0 Å². The van der Waals surface area contributed by atoms with Crippen LogP contribution < -0.4 is 0 Å². The van der Waals surface area contributed by atoms with Crippen LogP contribution in [0.5, 0.6) is 0 Å². The largest absolute Gasteiger partial charge is 0.468 e. The smallest absolute Gasteiger partial charge is 0.178 e. The molecule has 2 heteroatoms. The highest BCUT2D eigenvalue weighted by molar-refractivity contribution is 5.59. The van der Waals surface area contributed by atoms with Crippen molar-refractivity contribution in [3.8, 4) is 0 Å². The summed E-state index contributed by atoms with van der Waals surface area (Å²) in [4.78, 5) is 3.83. The Bertz CT molecular complexity index is 84.3. The lowest BCUT2D eigenvalue weighted by molar-refractivity contribution is 0.241. The Kier molecular flexibility index (Phi) is 1.50. The lowest BCUT2D eigenvalue weighted by Crippen LogP contribution is -1.77. The van der Waals surface area contributed by atoms with Crippen LogP contribution in [0.1, 0.15) is 6.42 Å². The number of hydrogen-bond donors (Lipinski definition) is 0. The van der Waals surface area contributed by atoms with Crippen LogP contribution in [0, 0.1) is 6.26 Å². The van der Waals surface area contributed by atoms with E-state index in [1.807, 2.05) is 0 Å². The van der Waals surface area contributed by atoms with E-state index in [2.05, 4.69) is 11.3 Å². The van der Waals surface area contributed by atoms with E-state index < -0.39 is 0 Å². The molecule has 0 atom stereocenters. The summed E-state index contributed by atoms with van der Waals surface area (Å²) in [5, 5.41) is 0. The number of ether oxygens (including phenoxy) is 1. The average molecular weight is 96.1 g/mol. The molecule has 0 aromatic rings. The minimum absolute atomic E-state index is 0.427. The molecule has 1 rings (SSSR count). The number of aliphatic imine (C=N–C) groups is 1. The molecule has 1 aliphatic rings. The van der Waals surface area contributed by atoms with E-state index >= 15 is 0 Å². The zero-order valence-electron chi connectivity index (χ0n) is 3.92. The van der Waals surface area contributed by atoms with Crippen LogP contribution in [0.15, 0.2) is 11.1 Å². The second-order valence-corrected chi connectivity index (χ2v) is 1.20. The minimum Gasteiger partial charge on any atom is -0.468 e. The molecule has 0 saturated carbocycles. The van der Waals surface area contributed by atoms with Gasteiger partial charge < -0.3 is 4.74 Å². The number of allylic oxidation sites excluding steroid dienone is 1. The summed E-state index contributed by atoms with van der Waals surface area (Å²) >= 11 is 0. The fourth-order valence-corrected chi connectivity index (χ4v) is 0.362. The molecule has 7 heavy (non-hydrogen) atoms. The molecule has 2 nitrogen and oxygen atoms in total. The fraction of sp³-hybridized carbons (Fsp3) is 0.400. The number of hydrogen-bond acceptors (Lipinski definition) is 2. The van der Waals surface area contributed by atoms with Crippen LogP contribution in [-0.4, -0.2) is 12.9 Å². The highest BCUT2D eigenvalue weighted by Crippen LogP contribution is 1.85. The van der Waals surface area contributed by atoms with Gasteiger partial charge in [0.1, 0.15) is 0 Å². The van der Waals surface area contributed by atoms with Gasteiger partial charge in [0, 0.05) is 12.6 Å². The van der Waals surface area contributed by atoms with Crippen molar-refractivity contribution in [2.45, 2.75) is 6.42 Å². The van der Waals surface area contributed by atoms with Crippen molar-refractivity contribution >= 4 is 6.21 Å². The summed E-state index contributed by atoms with van der Waals surface area (Å²) in [7, 11) is 0. The lowest BCUT2D eigenvalue weighted by Gasteiger charge is -1.84. The second-order valence-electron chi connectivity index (χ2n) is 1.20. The van der Waals surface area contributed by atoms with Gasteiger partial charge in [-0.3, -0.25) is 4.99 Å².